The van der Waals surface area contributed by atoms with Crippen molar-refractivity contribution in [3.63, 3.8) is 0 Å². The molecule has 1 aliphatic heterocycles. The molecule has 0 aromatic heterocycles. The van der Waals surface area contributed by atoms with Crippen molar-refractivity contribution in [1.82, 2.24) is 10.2 Å². The van der Waals surface area contributed by atoms with Crippen molar-refractivity contribution in [1.29, 1.82) is 0 Å². The number of nitrogens with zero attached hydrogens (tertiary/aromatic N) is 1. The van der Waals surface area contributed by atoms with Gasteiger partial charge in [0.15, 0.2) is 0 Å². The number of nitrogens with one attached hydrogen (secondary N) is 1. The van der Waals surface area contributed by atoms with E-state index in [2.05, 4.69) is 24.1 Å². The molecule has 2 N–H and O–H groups in total. The van der Waals surface area contributed by atoms with Gasteiger partial charge in [0.2, 0.25) is 0 Å². The van der Waals surface area contributed by atoms with E-state index in [0.29, 0.717) is 6.54 Å². The molecule has 0 spiro atoms. The topological polar surface area (TPSA) is 52.6 Å². The molecular weight excluding hydrogens is 252 g/mol. The van der Waals surface area contributed by atoms with Gasteiger partial charge in [0.05, 0.1) is 0 Å². The molecule has 0 saturated carbocycles. The van der Waals surface area contributed by atoms with Gasteiger partial charge in [-0.15, -0.1) is 0 Å². The van der Waals surface area contributed by atoms with Gasteiger partial charge < -0.3 is 15.3 Å². The predicted octanol–water partition coefficient (Wildman–Crippen LogP) is 2.73. The third-order valence-electron chi connectivity index (χ3n) is 4.41. The Morgan fingerprint density at radius 1 is 1.30 bits per heavy atom. The molecule has 20 heavy (non-hydrogen) atoms. The van der Waals surface area contributed by atoms with Gasteiger partial charge in [-0.3, -0.25) is 4.79 Å². The number of carboxylic acids is 1. The van der Waals surface area contributed by atoms with E-state index in [1.54, 1.807) is 0 Å². The molecule has 118 valence electrons. The molecule has 2 unspecified atom stereocenters. The second kappa shape index (κ2) is 8.63. The molecule has 0 bridgehead atoms. The van der Waals surface area contributed by atoms with Crippen molar-refractivity contribution in [3.05, 3.63) is 0 Å². The normalized spacial score (nSPS) is 24.1. The Labute approximate surface area is 123 Å². The van der Waals surface area contributed by atoms with Crippen LogP contribution in [0, 0.1) is 5.92 Å². The first-order valence-electron chi connectivity index (χ1n) is 8.22. The lowest BCUT2D eigenvalue weighted by molar-refractivity contribution is -0.145. The minimum Gasteiger partial charge on any atom is -0.480 e. The number of hydrogen-bond acceptors (Lipinski definition) is 3. The average Bonchev–Trinajstić information content (AvgIpc) is 2.62. The summed E-state index contributed by atoms with van der Waals surface area (Å²) in [7, 11) is 0. The van der Waals surface area contributed by atoms with Crippen LogP contribution in [0.1, 0.15) is 59.3 Å². The number of hydrogen-bond donors (Lipinski definition) is 2. The Morgan fingerprint density at radius 3 is 2.65 bits per heavy atom. The van der Waals surface area contributed by atoms with E-state index >= 15 is 0 Å². The van der Waals surface area contributed by atoms with E-state index in [1.807, 2.05) is 6.92 Å². The smallest absolute Gasteiger partial charge is 0.324 e. The van der Waals surface area contributed by atoms with Crippen LogP contribution in [0.2, 0.25) is 0 Å². The first-order chi connectivity index (χ1) is 9.51. The predicted molar refractivity (Wildman–Crippen MR) is 83.0 cm³/mol. The summed E-state index contributed by atoms with van der Waals surface area (Å²) in [5, 5.41) is 12.7. The largest absolute Gasteiger partial charge is 0.480 e. The van der Waals surface area contributed by atoms with Crippen LogP contribution in [0.25, 0.3) is 0 Å². The highest BCUT2D eigenvalue weighted by Gasteiger charge is 2.34. The number of aliphatic carboxylic acids is 1. The first-order valence-corrected chi connectivity index (χ1v) is 8.22. The van der Waals surface area contributed by atoms with E-state index in [1.165, 1.54) is 32.1 Å². The lowest BCUT2D eigenvalue weighted by atomic mass is 9.96. The molecule has 0 aromatic rings. The Balaban J connectivity index is 2.53. The molecule has 2 atom stereocenters. The van der Waals surface area contributed by atoms with Crippen LogP contribution in [0.15, 0.2) is 0 Å². The van der Waals surface area contributed by atoms with Crippen molar-refractivity contribution < 1.29 is 9.90 Å². The van der Waals surface area contributed by atoms with E-state index in [4.69, 9.17) is 0 Å². The molecule has 1 heterocycles. The monoisotopic (exact) mass is 284 g/mol. The first kappa shape index (κ1) is 17.4. The SMILES string of the molecule is CCCNC(C)(CN1CCCC(CCC)CC1)C(=O)O. The van der Waals surface area contributed by atoms with Crippen LogP contribution in [0.4, 0.5) is 0 Å². The van der Waals surface area contributed by atoms with E-state index in [0.717, 1.165) is 32.0 Å². The Bertz CT molecular complexity index is 296. The fraction of sp³-hybridized carbons (Fsp3) is 0.938. The van der Waals surface area contributed by atoms with Crippen molar-refractivity contribution in [2.75, 3.05) is 26.2 Å². The summed E-state index contributed by atoms with van der Waals surface area (Å²) in [6.45, 7) is 9.59. The molecule has 4 heteroatoms. The zero-order valence-corrected chi connectivity index (χ0v) is 13.5. The van der Waals surface area contributed by atoms with Gasteiger partial charge >= 0.3 is 5.97 Å². The van der Waals surface area contributed by atoms with Crippen molar-refractivity contribution in [2.24, 2.45) is 5.92 Å². The number of likely N-dealkylation sites (tertiary alicyclic amines) is 1. The van der Waals surface area contributed by atoms with Gasteiger partial charge in [-0.25, -0.2) is 0 Å². The fourth-order valence-electron chi connectivity index (χ4n) is 3.13. The van der Waals surface area contributed by atoms with Crippen LogP contribution < -0.4 is 5.32 Å². The van der Waals surface area contributed by atoms with Crippen LogP contribution >= 0.6 is 0 Å². The van der Waals surface area contributed by atoms with Crippen molar-refractivity contribution in [3.8, 4) is 0 Å². The molecule has 1 aliphatic rings. The third-order valence-corrected chi connectivity index (χ3v) is 4.41. The maximum atomic E-state index is 11.6. The Kier molecular flexibility index (Phi) is 7.52. The van der Waals surface area contributed by atoms with Crippen molar-refractivity contribution in [2.45, 2.75) is 64.8 Å². The molecule has 1 fully saturated rings. The molecule has 1 rings (SSSR count). The van der Waals surface area contributed by atoms with Crippen LogP contribution in [-0.2, 0) is 4.79 Å². The van der Waals surface area contributed by atoms with Gasteiger partial charge in [0, 0.05) is 6.54 Å². The molecule has 0 aliphatic carbocycles. The lowest BCUT2D eigenvalue weighted by Gasteiger charge is -2.32. The third kappa shape index (κ3) is 5.41. The Morgan fingerprint density at radius 2 is 2.05 bits per heavy atom. The minimum atomic E-state index is -0.819. The highest BCUT2D eigenvalue weighted by molar-refractivity contribution is 5.78. The van der Waals surface area contributed by atoms with E-state index in [-0.39, 0.29) is 0 Å². The summed E-state index contributed by atoms with van der Waals surface area (Å²) in [6.07, 6.45) is 7.26. The zero-order valence-electron chi connectivity index (χ0n) is 13.5. The lowest BCUT2D eigenvalue weighted by Crippen LogP contribution is -2.57. The molecular formula is C16H32N2O2. The summed E-state index contributed by atoms with van der Waals surface area (Å²) in [5.74, 6) is 0.102. The highest BCUT2D eigenvalue weighted by atomic mass is 16.4. The summed E-state index contributed by atoms with van der Waals surface area (Å²) < 4.78 is 0. The van der Waals surface area contributed by atoms with Crippen molar-refractivity contribution >= 4 is 5.97 Å². The standard InChI is InChI=1S/C16H32N2O2/c1-4-7-14-8-6-11-18(12-9-14)13-16(3,15(19)20)17-10-5-2/h14,17H,4-13H2,1-3H3,(H,19,20). The number of carboxylic acid groups (broad SMARTS) is 1. The van der Waals surface area contributed by atoms with Crippen LogP contribution in [0.5, 0.6) is 0 Å². The highest BCUT2D eigenvalue weighted by Crippen LogP contribution is 2.23. The van der Waals surface area contributed by atoms with Gasteiger partial charge in [-0.05, 0) is 58.2 Å². The number of carbonyl (C=O) groups is 1. The quantitative estimate of drug-likeness (QED) is 0.719. The summed E-state index contributed by atoms with van der Waals surface area (Å²) in [4.78, 5) is 13.9. The van der Waals surface area contributed by atoms with E-state index in [9.17, 15) is 9.90 Å². The molecule has 0 radical (unpaired) electrons. The summed E-state index contributed by atoms with van der Waals surface area (Å²) in [6, 6.07) is 0. The van der Waals surface area contributed by atoms with Gasteiger partial charge in [-0.2, -0.15) is 0 Å². The molecule has 1 saturated heterocycles. The summed E-state index contributed by atoms with van der Waals surface area (Å²) >= 11 is 0. The molecule has 0 amide bonds. The van der Waals surface area contributed by atoms with Gasteiger partial charge in [0.25, 0.3) is 0 Å². The van der Waals surface area contributed by atoms with Crippen LogP contribution in [0.3, 0.4) is 0 Å². The average molecular weight is 284 g/mol. The number of rotatable bonds is 8. The molecule has 4 nitrogen and oxygen atoms in total. The maximum absolute atomic E-state index is 11.6. The Hall–Kier alpha value is -0.610. The maximum Gasteiger partial charge on any atom is 0.324 e. The second-order valence-corrected chi connectivity index (χ2v) is 6.43. The minimum absolute atomic E-state index is 0.612. The van der Waals surface area contributed by atoms with E-state index < -0.39 is 11.5 Å². The van der Waals surface area contributed by atoms with Gasteiger partial charge in [-0.1, -0.05) is 26.7 Å². The van der Waals surface area contributed by atoms with Crippen LogP contribution in [-0.4, -0.2) is 47.7 Å². The summed E-state index contributed by atoms with van der Waals surface area (Å²) in [5.41, 5.74) is -0.819. The zero-order chi connectivity index (χ0) is 15.0. The fourth-order valence-corrected chi connectivity index (χ4v) is 3.13. The van der Waals surface area contributed by atoms with Gasteiger partial charge in [0.1, 0.15) is 5.54 Å². The second-order valence-electron chi connectivity index (χ2n) is 6.43. The molecule has 0 aromatic carbocycles.